The van der Waals surface area contributed by atoms with E-state index < -0.39 is 35.1 Å². The second-order valence-corrected chi connectivity index (χ2v) is 27.2. The molecule has 6 aliphatic rings. The van der Waals surface area contributed by atoms with Gasteiger partial charge in [0.15, 0.2) is 0 Å². The molecule has 2 amide bonds. The van der Waals surface area contributed by atoms with E-state index in [1.165, 1.54) is 48.3 Å². The van der Waals surface area contributed by atoms with Crippen LogP contribution in [0, 0.1) is 22.2 Å². The van der Waals surface area contributed by atoms with E-state index >= 15 is 0 Å². The zero-order chi connectivity index (χ0) is 64.4. The average molecular weight is 1230 g/mol. The molecule has 0 aliphatic heterocycles. The maximum Gasteiger partial charge on any atom is 0.410 e. The van der Waals surface area contributed by atoms with E-state index in [2.05, 4.69) is 97.6 Å². The molecular formula is C70H86FN9O10. The summed E-state index contributed by atoms with van der Waals surface area (Å²) in [6.07, 6.45) is 13.2. The van der Waals surface area contributed by atoms with Gasteiger partial charge in [0, 0.05) is 103 Å². The van der Waals surface area contributed by atoms with Crippen molar-refractivity contribution in [2.75, 3.05) is 49.9 Å². The second kappa shape index (κ2) is 28.1. The highest BCUT2D eigenvalue weighted by Crippen LogP contribution is 2.53. The van der Waals surface area contributed by atoms with Gasteiger partial charge in [0.25, 0.3) is 0 Å². The van der Waals surface area contributed by atoms with Crippen molar-refractivity contribution in [2.45, 2.75) is 146 Å². The number of ether oxygens (including phenoxy) is 2. The normalized spacial score (nSPS) is 21.2. The number of benzene rings is 3. The number of carboxylic acids is 3. The summed E-state index contributed by atoms with van der Waals surface area (Å²) in [7, 11) is 0. The molecule has 90 heavy (non-hydrogen) atoms. The quantitative estimate of drug-likeness (QED) is 0.0311. The summed E-state index contributed by atoms with van der Waals surface area (Å²) in [4.78, 5) is 73.2. The molecule has 3 heterocycles. The third-order valence-electron chi connectivity index (χ3n) is 17.4. The Morgan fingerprint density at radius 2 is 0.889 bits per heavy atom. The molecule has 3 aromatic carbocycles. The zero-order valence-electron chi connectivity index (χ0n) is 52.3. The number of nitrogens with two attached hydrogens (primary N) is 1. The average Bonchev–Trinajstić information content (AvgIpc) is 1.65. The predicted octanol–water partition coefficient (Wildman–Crippen LogP) is 12.3. The van der Waals surface area contributed by atoms with Gasteiger partial charge in [-0.1, -0.05) is 91.0 Å². The Bertz CT molecular complexity index is 3380. The van der Waals surface area contributed by atoms with Crippen LogP contribution in [0.2, 0.25) is 0 Å². The monoisotopic (exact) mass is 1230 g/mol. The number of aromatic nitrogens is 3. The fourth-order valence-corrected chi connectivity index (χ4v) is 11.1. The van der Waals surface area contributed by atoms with E-state index in [-0.39, 0.29) is 51.8 Å². The smallest absolute Gasteiger partial charge is 0.410 e. The molecule has 0 bridgehead atoms. The molecule has 12 rings (SSSR count). The van der Waals surface area contributed by atoms with Crippen molar-refractivity contribution in [3.05, 3.63) is 185 Å². The predicted molar refractivity (Wildman–Crippen MR) is 341 cm³/mol. The highest BCUT2D eigenvalue weighted by molar-refractivity contribution is 5.88. The number of pyridine rings is 3. The van der Waals surface area contributed by atoms with Gasteiger partial charge in [0.05, 0.1) is 16.7 Å². The molecule has 0 radical (unpaired) electrons. The van der Waals surface area contributed by atoms with Crippen molar-refractivity contribution in [3.8, 4) is 0 Å². The number of hydrogen-bond acceptors (Lipinski definition) is 14. The van der Waals surface area contributed by atoms with Crippen molar-refractivity contribution in [1.82, 2.24) is 30.1 Å². The van der Waals surface area contributed by atoms with Gasteiger partial charge in [-0.25, -0.2) is 38.9 Å². The van der Waals surface area contributed by atoms with Crippen LogP contribution in [0.4, 0.5) is 25.6 Å². The Morgan fingerprint density at radius 1 is 0.511 bits per heavy atom. The Labute approximate surface area is 526 Å². The fraction of sp³-hybridized carbons (Fsp3) is 0.457. The molecule has 0 saturated heterocycles. The third kappa shape index (κ3) is 19.3. The highest BCUT2D eigenvalue weighted by atomic mass is 19.1. The number of carboxylic acid groups (broad SMARTS) is 3. The number of carbonyl (C=O) groups is 5. The van der Waals surface area contributed by atoms with E-state index in [0.29, 0.717) is 54.7 Å². The minimum atomic E-state index is -1.10. The largest absolute Gasteiger partial charge is 0.478 e. The van der Waals surface area contributed by atoms with Crippen LogP contribution in [0.5, 0.6) is 0 Å². The summed E-state index contributed by atoms with van der Waals surface area (Å²) in [5, 5.41) is 36.7. The van der Waals surface area contributed by atoms with Crippen LogP contribution in [0.1, 0.15) is 165 Å². The summed E-state index contributed by atoms with van der Waals surface area (Å²) in [5.41, 5.74) is 9.71. The van der Waals surface area contributed by atoms with Crippen molar-refractivity contribution in [2.24, 2.45) is 22.0 Å². The standard InChI is InChI=1S/C25H31N3O4.C20H23N3O2.C19H28N2O2.C6H4FNO2/c1-24(2,3)32-23(31)28(20-13-19(20)17-7-5-4-6-8-17)16-25(11-12-25)15-27-21-10-9-18(14-26-21)22(29)30;24-19(25)15-6-7-18(21-11-15)23-13-20(8-9-20)12-22-17-10-16(17)14-4-2-1-3-5-14;1-18(2,3)23-17(22)21(13-19(12-20)9-10-19)16-11-15(16)14-7-5-4-6-8-14;7-5-2-1-4(3-8-5)6(9)10/h4-10,14,19-20H,11-13,15-16H2,1-3H3,(H,26,27)(H,29,30);1-7,11,16-17,22H,8-10,12-13H2,(H,21,23)(H,24,25);4-8,15-16H,9-13,20H2,1-3H3;1-3H,(H,9,10)/t19-,20?;16-,17?;15-,16?;/m111./s1. The van der Waals surface area contributed by atoms with Crippen LogP contribution in [-0.4, -0.2) is 139 Å². The van der Waals surface area contributed by atoms with Gasteiger partial charge in [-0.2, -0.15) is 4.39 Å². The Balaban J connectivity index is 0.000000150. The minimum Gasteiger partial charge on any atom is -0.478 e. The first-order valence-electron chi connectivity index (χ1n) is 31.1. The molecule has 19 nitrogen and oxygen atoms in total. The lowest BCUT2D eigenvalue weighted by Gasteiger charge is -2.31. The molecule has 0 spiro atoms. The van der Waals surface area contributed by atoms with Crippen LogP contribution in [0.15, 0.2) is 146 Å². The number of hydrogen-bond donors (Lipinski definition) is 7. The first kappa shape index (κ1) is 65.9. The summed E-state index contributed by atoms with van der Waals surface area (Å²) in [6, 6.07) is 41.2. The van der Waals surface area contributed by atoms with Crippen molar-refractivity contribution < 1.29 is 53.2 Å². The van der Waals surface area contributed by atoms with E-state index in [9.17, 15) is 28.4 Å². The lowest BCUT2D eigenvalue weighted by atomic mass is 10.1. The molecule has 6 atom stereocenters. The molecular weight excluding hydrogens is 1150 g/mol. The molecule has 3 aromatic heterocycles. The number of anilines is 2. The van der Waals surface area contributed by atoms with Crippen molar-refractivity contribution in [3.63, 3.8) is 0 Å². The van der Waals surface area contributed by atoms with Crippen molar-refractivity contribution in [1.29, 1.82) is 0 Å². The molecule has 6 aromatic rings. The SMILES string of the molecule is CC(C)(C)OC(=O)N(CC1(CN)CC1)C1C[C@@H]1c1ccccc1.CC(C)(C)OC(=O)N(CC1(CNc2ccc(C(=O)O)cn2)CC1)C1C[C@@H]1c1ccccc1.O=C(O)c1ccc(F)nc1.O=C(O)c1ccc(NCC2(CNC3C[C@@H]3c3ccccc3)CC2)nc1. The Morgan fingerprint density at radius 3 is 1.23 bits per heavy atom. The zero-order valence-corrected chi connectivity index (χ0v) is 52.3. The second-order valence-electron chi connectivity index (χ2n) is 27.2. The summed E-state index contributed by atoms with van der Waals surface area (Å²) < 4.78 is 23.5. The maximum absolute atomic E-state index is 13.1. The topological polar surface area (TPSA) is 272 Å². The van der Waals surface area contributed by atoms with Gasteiger partial charge >= 0.3 is 30.1 Å². The molecule has 6 saturated carbocycles. The van der Waals surface area contributed by atoms with E-state index in [0.717, 1.165) is 82.3 Å². The van der Waals surface area contributed by atoms with Crippen LogP contribution in [-0.2, 0) is 9.47 Å². The fourth-order valence-electron chi connectivity index (χ4n) is 11.1. The number of nitrogens with zero attached hydrogens (tertiary/aromatic N) is 5. The molecule has 20 heteroatoms. The van der Waals surface area contributed by atoms with Gasteiger partial charge in [0.2, 0.25) is 5.95 Å². The van der Waals surface area contributed by atoms with Crippen LogP contribution >= 0.6 is 0 Å². The van der Waals surface area contributed by atoms with E-state index in [1.54, 1.807) is 24.3 Å². The van der Waals surface area contributed by atoms with Gasteiger partial charge in [-0.15, -0.1) is 0 Å². The summed E-state index contributed by atoms with van der Waals surface area (Å²) in [5.74, 6) is -0.904. The van der Waals surface area contributed by atoms with Crippen LogP contribution in [0.3, 0.4) is 0 Å². The number of rotatable bonds is 22. The molecule has 6 fully saturated rings. The Kier molecular flexibility index (Phi) is 20.6. The molecule has 6 aliphatic carbocycles. The highest BCUT2D eigenvalue weighted by Gasteiger charge is 2.54. The Hall–Kier alpha value is -8.49. The van der Waals surface area contributed by atoms with Crippen LogP contribution < -0.4 is 21.7 Å². The lowest BCUT2D eigenvalue weighted by molar-refractivity contribution is 0.0181. The number of amides is 2. The van der Waals surface area contributed by atoms with Gasteiger partial charge in [-0.05, 0) is 159 Å². The minimum absolute atomic E-state index is 0.0126. The van der Waals surface area contributed by atoms with Gasteiger partial charge < -0.3 is 56.3 Å². The first-order chi connectivity index (χ1) is 42.8. The van der Waals surface area contributed by atoms with Crippen molar-refractivity contribution >= 4 is 41.7 Å². The third-order valence-corrected chi connectivity index (χ3v) is 17.4. The number of aromatic carboxylic acids is 3. The van der Waals surface area contributed by atoms with E-state index in [4.69, 9.17) is 30.5 Å². The number of nitrogens with one attached hydrogen (secondary N) is 3. The molecule has 3 unspecified atom stereocenters. The van der Waals surface area contributed by atoms with Gasteiger partial charge in [0.1, 0.15) is 22.8 Å². The number of carbonyl (C=O) groups excluding carboxylic acids is 2. The lowest BCUT2D eigenvalue weighted by Crippen LogP contribution is -2.43. The summed E-state index contributed by atoms with van der Waals surface area (Å²) >= 11 is 0. The first-order valence-corrected chi connectivity index (χ1v) is 31.1. The number of halogens is 1. The molecule has 8 N–H and O–H groups in total. The van der Waals surface area contributed by atoms with Gasteiger partial charge in [-0.3, -0.25) is 0 Å². The molecule has 478 valence electrons. The summed E-state index contributed by atoms with van der Waals surface area (Å²) in [6.45, 7) is 16.0. The van der Waals surface area contributed by atoms with E-state index in [1.807, 2.05) is 75.6 Å². The van der Waals surface area contributed by atoms with Crippen LogP contribution in [0.25, 0.3) is 0 Å². The maximum atomic E-state index is 13.1.